The number of methoxy groups -OCH3 is 2. The maximum Gasteiger partial charge on any atom is 0.241 e. The molecule has 9 heteroatoms. The first kappa shape index (κ1) is 25.7. The maximum atomic E-state index is 12.9. The summed E-state index contributed by atoms with van der Waals surface area (Å²) < 4.78 is 36.7. The molecule has 186 valence electrons. The Kier molecular flexibility index (Phi) is 8.30. The van der Waals surface area contributed by atoms with Gasteiger partial charge in [0.05, 0.1) is 32.2 Å². The van der Waals surface area contributed by atoms with Gasteiger partial charge in [-0.25, -0.2) is 8.42 Å². The van der Waals surface area contributed by atoms with Gasteiger partial charge in [-0.2, -0.15) is 0 Å². The molecule has 34 heavy (non-hydrogen) atoms. The van der Waals surface area contributed by atoms with Crippen molar-refractivity contribution in [1.82, 2.24) is 5.32 Å². The van der Waals surface area contributed by atoms with E-state index < -0.39 is 15.9 Å². The van der Waals surface area contributed by atoms with Crippen molar-refractivity contribution in [2.45, 2.75) is 32.7 Å². The molecule has 1 heterocycles. The summed E-state index contributed by atoms with van der Waals surface area (Å²) >= 11 is 0. The van der Waals surface area contributed by atoms with Crippen LogP contribution in [-0.2, 0) is 14.8 Å². The summed E-state index contributed by atoms with van der Waals surface area (Å²) in [6, 6.07) is 12.7. The molecule has 3 rings (SSSR count). The SMILES string of the molecule is COc1ccc(OC)c(N(CC(=O)NC(C)c2ccc(N3CCC(C)CC3)cc2)S(C)(=O)=O)c1. The molecule has 0 radical (unpaired) electrons. The summed E-state index contributed by atoms with van der Waals surface area (Å²) in [7, 11) is -0.827. The number of benzene rings is 2. The predicted molar refractivity (Wildman–Crippen MR) is 135 cm³/mol. The number of nitrogens with zero attached hydrogens (tertiary/aromatic N) is 2. The van der Waals surface area contributed by atoms with Gasteiger partial charge < -0.3 is 19.7 Å². The molecule has 2 aromatic rings. The van der Waals surface area contributed by atoms with Crippen molar-refractivity contribution in [1.29, 1.82) is 0 Å². The first-order valence-corrected chi connectivity index (χ1v) is 13.3. The van der Waals surface area contributed by atoms with E-state index in [1.807, 2.05) is 19.1 Å². The average Bonchev–Trinajstić information content (AvgIpc) is 2.82. The van der Waals surface area contributed by atoms with E-state index in [-0.39, 0.29) is 18.3 Å². The first-order chi connectivity index (χ1) is 16.1. The standard InChI is InChI=1S/C25H35N3O5S/c1-18-12-14-27(15-13-18)21-8-6-20(7-9-21)19(2)26-25(29)17-28(34(5,30)31)23-16-22(32-3)10-11-24(23)33-4/h6-11,16,18-19H,12-15,17H2,1-5H3,(H,26,29). The molecule has 8 nitrogen and oxygen atoms in total. The normalized spacial score (nSPS) is 15.5. The van der Waals surface area contributed by atoms with Crippen LogP contribution in [0.25, 0.3) is 0 Å². The summed E-state index contributed by atoms with van der Waals surface area (Å²) in [5.41, 5.74) is 2.38. The Bertz CT molecular complexity index is 1080. The van der Waals surface area contributed by atoms with Gasteiger partial charge in [-0.15, -0.1) is 0 Å². The number of hydrogen-bond donors (Lipinski definition) is 1. The monoisotopic (exact) mass is 489 g/mol. The lowest BCUT2D eigenvalue weighted by molar-refractivity contribution is -0.120. The fraction of sp³-hybridized carbons (Fsp3) is 0.480. The van der Waals surface area contributed by atoms with Gasteiger partial charge in [-0.3, -0.25) is 9.10 Å². The van der Waals surface area contributed by atoms with Crippen LogP contribution in [0.5, 0.6) is 11.5 Å². The van der Waals surface area contributed by atoms with Crippen LogP contribution in [0.3, 0.4) is 0 Å². The lowest BCUT2D eigenvalue weighted by Gasteiger charge is -2.32. The van der Waals surface area contributed by atoms with Gasteiger partial charge in [-0.1, -0.05) is 19.1 Å². The van der Waals surface area contributed by atoms with Gasteiger partial charge >= 0.3 is 0 Å². The lowest BCUT2D eigenvalue weighted by atomic mass is 9.98. The minimum absolute atomic E-state index is 0.243. The third kappa shape index (κ3) is 6.34. The van der Waals surface area contributed by atoms with Gasteiger partial charge in [-0.05, 0) is 55.5 Å². The minimum Gasteiger partial charge on any atom is -0.497 e. The smallest absolute Gasteiger partial charge is 0.241 e. The van der Waals surface area contributed by atoms with Crippen LogP contribution in [0.2, 0.25) is 0 Å². The number of ether oxygens (including phenoxy) is 2. The number of amides is 1. The molecule has 1 fully saturated rings. The molecular formula is C25H35N3O5S. The fourth-order valence-corrected chi connectivity index (χ4v) is 4.97. The van der Waals surface area contributed by atoms with Crippen LogP contribution in [0.4, 0.5) is 11.4 Å². The number of sulfonamides is 1. The zero-order chi connectivity index (χ0) is 24.9. The highest BCUT2D eigenvalue weighted by Gasteiger charge is 2.25. The second-order valence-electron chi connectivity index (χ2n) is 8.86. The Morgan fingerprint density at radius 2 is 1.76 bits per heavy atom. The quantitative estimate of drug-likeness (QED) is 0.579. The lowest BCUT2D eigenvalue weighted by Crippen LogP contribution is -2.41. The van der Waals surface area contributed by atoms with Crippen molar-refractivity contribution >= 4 is 27.3 Å². The van der Waals surface area contributed by atoms with Gasteiger partial charge in [0.1, 0.15) is 18.0 Å². The molecule has 0 bridgehead atoms. The first-order valence-electron chi connectivity index (χ1n) is 11.5. The van der Waals surface area contributed by atoms with Gasteiger partial charge in [0.15, 0.2) is 0 Å². The van der Waals surface area contributed by atoms with Gasteiger partial charge in [0.25, 0.3) is 0 Å². The molecule has 1 N–H and O–H groups in total. The van der Waals surface area contributed by atoms with Crippen LogP contribution >= 0.6 is 0 Å². The Morgan fingerprint density at radius 3 is 2.32 bits per heavy atom. The van der Waals surface area contributed by atoms with E-state index in [0.717, 1.165) is 35.1 Å². The maximum absolute atomic E-state index is 12.9. The topological polar surface area (TPSA) is 88.2 Å². The predicted octanol–water partition coefficient (Wildman–Crippen LogP) is 3.58. The molecule has 1 unspecified atom stereocenters. The summed E-state index contributed by atoms with van der Waals surface area (Å²) in [4.78, 5) is 15.2. The molecule has 2 aromatic carbocycles. The zero-order valence-corrected chi connectivity index (χ0v) is 21.4. The molecule has 0 spiro atoms. The Balaban J connectivity index is 1.70. The molecule has 1 amide bonds. The summed E-state index contributed by atoms with van der Waals surface area (Å²) in [6.45, 7) is 5.91. The van der Waals surface area contributed by atoms with Crippen LogP contribution in [0.1, 0.15) is 38.3 Å². The van der Waals surface area contributed by atoms with Crippen molar-refractivity contribution in [3.63, 3.8) is 0 Å². The Labute approximate surface area is 202 Å². The minimum atomic E-state index is -3.76. The van der Waals surface area contributed by atoms with Gasteiger partial charge in [0, 0.05) is 24.8 Å². The number of rotatable bonds is 9. The number of nitrogens with one attached hydrogen (secondary N) is 1. The molecule has 0 aliphatic carbocycles. The second kappa shape index (κ2) is 11.0. The van der Waals surface area contributed by atoms with E-state index in [1.54, 1.807) is 12.1 Å². The molecule has 1 atom stereocenters. The number of anilines is 2. The van der Waals surface area contributed by atoms with Crippen LogP contribution in [-0.4, -0.2) is 54.4 Å². The number of carbonyl (C=O) groups is 1. The highest BCUT2D eigenvalue weighted by Crippen LogP contribution is 2.33. The number of hydrogen-bond acceptors (Lipinski definition) is 6. The summed E-state index contributed by atoms with van der Waals surface area (Å²) in [5, 5.41) is 2.91. The molecule has 1 aliphatic heterocycles. The summed E-state index contributed by atoms with van der Waals surface area (Å²) in [5.74, 6) is 1.14. The largest absolute Gasteiger partial charge is 0.497 e. The van der Waals surface area contributed by atoms with Crippen molar-refractivity contribution in [2.75, 3.05) is 49.3 Å². The average molecular weight is 490 g/mol. The molecule has 0 aromatic heterocycles. The molecule has 1 aliphatic rings. The highest BCUT2D eigenvalue weighted by molar-refractivity contribution is 7.92. The van der Waals surface area contributed by atoms with Crippen molar-refractivity contribution < 1.29 is 22.7 Å². The Hall–Kier alpha value is -2.94. The van der Waals surface area contributed by atoms with Crippen LogP contribution in [0, 0.1) is 5.92 Å². The molecular weight excluding hydrogens is 454 g/mol. The molecule has 0 saturated carbocycles. The third-order valence-electron chi connectivity index (χ3n) is 6.26. The number of carbonyl (C=O) groups excluding carboxylic acids is 1. The Morgan fingerprint density at radius 1 is 1.12 bits per heavy atom. The third-order valence-corrected chi connectivity index (χ3v) is 7.39. The summed E-state index contributed by atoms with van der Waals surface area (Å²) in [6.07, 6.45) is 3.45. The van der Waals surface area contributed by atoms with E-state index in [0.29, 0.717) is 11.5 Å². The second-order valence-corrected chi connectivity index (χ2v) is 10.8. The highest BCUT2D eigenvalue weighted by atomic mass is 32.2. The number of piperidine rings is 1. The van der Waals surface area contributed by atoms with E-state index in [4.69, 9.17) is 9.47 Å². The van der Waals surface area contributed by atoms with E-state index in [2.05, 4.69) is 29.3 Å². The van der Waals surface area contributed by atoms with Crippen LogP contribution < -0.4 is 24.0 Å². The molecule has 1 saturated heterocycles. The fourth-order valence-electron chi connectivity index (χ4n) is 4.11. The van der Waals surface area contributed by atoms with E-state index in [1.165, 1.54) is 38.8 Å². The van der Waals surface area contributed by atoms with E-state index in [9.17, 15) is 13.2 Å². The van der Waals surface area contributed by atoms with Crippen molar-refractivity contribution in [3.05, 3.63) is 48.0 Å². The zero-order valence-electron chi connectivity index (χ0n) is 20.6. The van der Waals surface area contributed by atoms with Crippen molar-refractivity contribution in [2.24, 2.45) is 5.92 Å². The van der Waals surface area contributed by atoms with Crippen molar-refractivity contribution in [3.8, 4) is 11.5 Å². The van der Waals surface area contributed by atoms with Gasteiger partial charge in [0.2, 0.25) is 15.9 Å². The van der Waals surface area contributed by atoms with E-state index >= 15 is 0 Å². The van der Waals surface area contributed by atoms with Crippen LogP contribution in [0.15, 0.2) is 42.5 Å².